The Bertz CT molecular complexity index is 1330. The summed E-state index contributed by atoms with van der Waals surface area (Å²) in [6.07, 6.45) is 3.50. The van der Waals surface area contributed by atoms with Crippen molar-refractivity contribution in [3.05, 3.63) is 64.8 Å². The number of esters is 1. The molecule has 0 saturated carbocycles. The molecule has 0 aliphatic carbocycles. The zero-order chi connectivity index (χ0) is 22.0. The fourth-order valence-corrected chi connectivity index (χ4v) is 4.38. The van der Waals surface area contributed by atoms with Crippen LogP contribution in [0.3, 0.4) is 0 Å². The second-order valence-corrected chi connectivity index (χ2v) is 7.80. The Morgan fingerprint density at radius 2 is 1.94 bits per heavy atom. The molecule has 1 amide bonds. The molecule has 4 aromatic rings. The SMILES string of the molecule is CCOC(=O)c1ccc(NC(=O)[C@H](CC)n2cnc3c(sc4ncccc43)c2=O)cc1. The van der Waals surface area contributed by atoms with E-state index in [9.17, 15) is 14.4 Å². The van der Waals surface area contributed by atoms with Crippen molar-refractivity contribution in [3.8, 4) is 0 Å². The molecule has 8 nitrogen and oxygen atoms in total. The summed E-state index contributed by atoms with van der Waals surface area (Å²) < 4.78 is 6.79. The maximum absolute atomic E-state index is 13.1. The zero-order valence-electron chi connectivity index (χ0n) is 17.0. The lowest BCUT2D eigenvalue weighted by Crippen LogP contribution is -2.33. The van der Waals surface area contributed by atoms with Gasteiger partial charge in [-0.3, -0.25) is 14.2 Å². The van der Waals surface area contributed by atoms with E-state index in [2.05, 4.69) is 15.3 Å². The van der Waals surface area contributed by atoms with E-state index >= 15 is 0 Å². The van der Waals surface area contributed by atoms with Crippen molar-refractivity contribution in [1.82, 2.24) is 14.5 Å². The van der Waals surface area contributed by atoms with Crippen LogP contribution in [0.15, 0.2) is 53.7 Å². The standard InChI is InChI=1S/C22H20N4O4S/c1-3-16(19(27)25-14-9-7-13(8-10-14)22(29)30-4-2)26-12-24-17-15-6-5-11-23-20(15)31-18(17)21(26)28/h5-12,16H,3-4H2,1-2H3,(H,25,27)/t16-/m0/s1. The smallest absolute Gasteiger partial charge is 0.338 e. The molecule has 3 heterocycles. The molecule has 0 radical (unpaired) electrons. The van der Waals surface area contributed by atoms with Gasteiger partial charge in [0.1, 0.15) is 15.6 Å². The number of benzene rings is 1. The van der Waals surface area contributed by atoms with Crippen molar-refractivity contribution < 1.29 is 14.3 Å². The summed E-state index contributed by atoms with van der Waals surface area (Å²) >= 11 is 1.27. The molecular formula is C22H20N4O4S. The second-order valence-electron chi connectivity index (χ2n) is 6.80. The molecule has 9 heteroatoms. The molecule has 1 atom stereocenters. The number of aromatic nitrogens is 3. The summed E-state index contributed by atoms with van der Waals surface area (Å²) in [5, 5.41) is 3.63. The Kier molecular flexibility index (Phi) is 5.77. The van der Waals surface area contributed by atoms with E-state index in [-0.39, 0.29) is 11.5 Å². The van der Waals surface area contributed by atoms with Crippen LogP contribution in [-0.4, -0.2) is 33.0 Å². The highest BCUT2D eigenvalue weighted by Gasteiger charge is 2.22. The van der Waals surface area contributed by atoms with Crippen molar-refractivity contribution in [1.29, 1.82) is 0 Å². The number of hydrogen-bond donors (Lipinski definition) is 1. The monoisotopic (exact) mass is 436 g/mol. The zero-order valence-corrected chi connectivity index (χ0v) is 17.8. The largest absolute Gasteiger partial charge is 0.462 e. The van der Waals surface area contributed by atoms with Crippen molar-refractivity contribution in [2.45, 2.75) is 26.3 Å². The van der Waals surface area contributed by atoms with Gasteiger partial charge in [-0.25, -0.2) is 14.8 Å². The summed E-state index contributed by atoms with van der Waals surface area (Å²) in [6.45, 7) is 3.86. The fourth-order valence-electron chi connectivity index (χ4n) is 3.34. The average molecular weight is 436 g/mol. The quantitative estimate of drug-likeness (QED) is 0.462. The number of amides is 1. The molecule has 3 aromatic heterocycles. The number of fused-ring (bicyclic) bond motifs is 3. The highest BCUT2D eigenvalue weighted by atomic mass is 32.1. The summed E-state index contributed by atoms with van der Waals surface area (Å²) in [5.74, 6) is -0.760. The molecule has 0 saturated heterocycles. The minimum Gasteiger partial charge on any atom is -0.462 e. The van der Waals surface area contributed by atoms with Gasteiger partial charge < -0.3 is 10.1 Å². The molecule has 158 valence electrons. The number of hydrogen-bond acceptors (Lipinski definition) is 7. The molecule has 0 aliphatic rings. The Morgan fingerprint density at radius 1 is 1.16 bits per heavy atom. The third kappa shape index (κ3) is 3.91. The third-order valence-corrected chi connectivity index (χ3v) is 5.96. The predicted molar refractivity (Wildman–Crippen MR) is 120 cm³/mol. The Morgan fingerprint density at radius 3 is 2.65 bits per heavy atom. The Hall–Kier alpha value is -3.59. The van der Waals surface area contributed by atoms with Crippen LogP contribution in [0.25, 0.3) is 20.4 Å². The fraction of sp³-hybridized carbons (Fsp3) is 0.227. The topological polar surface area (TPSA) is 103 Å². The van der Waals surface area contributed by atoms with Gasteiger partial charge in [0.05, 0.1) is 24.0 Å². The number of carbonyl (C=O) groups is 2. The van der Waals surface area contributed by atoms with Crippen molar-refractivity contribution in [3.63, 3.8) is 0 Å². The molecule has 0 fully saturated rings. The van der Waals surface area contributed by atoms with Crippen LogP contribution in [0.4, 0.5) is 5.69 Å². The van der Waals surface area contributed by atoms with Crippen LogP contribution in [0.1, 0.15) is 36.7 Å². The molecule has 1 N–H and O–H groups in total. The third-order valence-electron chi connectivity index (χ3n) is 4.87. The maximum Gasteiger partial charge on any atom is 0.338 e. The van der Waals surface area contributed by atoms with E-state index in [1.54, 1.807) is 43.5 Å². The molecule has 4 rings (SSSR count). The van der Waals surface area contributed by atoms with E-state index in [4.69, 9.17) is 4.74 Å². The van der Waals surface area contributed by atoms with Crippen LogP contribution >= 0.6 is 11.3 Å². The van der Waals surface area contributed by atoms with E-state index in [1.807, 2.05) is 13.0 Å². The van der Waals surface area contributed by atoms with Crippen molar-refractivity contribution >= 4 is 49.3 Å². The summed E-state index contributed by atoms with van der Waals surface area (Å²) in [6, 6.07) is 9.36. The first kappa shape index (κ1) is 20.7. The van der Waals surface area contributed by atoms with E-state index in [0.717, 1.165) is 10.2 Å². The number of anilines is 1. The van der Waals surface area contributed by atoms with Crippen LogP contribution in [0.5, 0.6) is 0 Å². The van der Waals surface area contributed by atoms with Gasteiger partial charge in [-0.2, -0.15) is 0 Å². The number of ether oxygens (including phenoxy) is 1. The molecule has 0 unspecified atom stereocenters. The van der Waals surface area contributed by atoms with Crippen LogP contribution in [-0.2, 0) is 9.53 Å². The first-order valence-electron chi connectivity index (χ1n) is 9.85. The highest BCUT2D eigenvalue weighted by molar-refractivity contribution is 7.25. The number of thiophene rings is 1. The summed E-state index contributed by atoms with van der Waals surface area (Å²) in [7, 11) is 0. The normalized spacial score (nSPS) is 12.1. The number of nitrogens with zero attached hydrogens (tertiary/aromatic N) is 3. The molecule has 0 aliphatic heterocycles. The van der Waals surface area contributed by atoms with Crippen LogP contribution < -0.4 is 10.9 Å². The highest BCUT2D eigenvalue weighted by Crippen LogP contribution is 2.28. The van der Waals surface area contributed by atoms with Gasteiger partial charge in [0.25, 0.3) is 5.56 Å². The number of carbonyl (C=O) groups excluding carboxylic acids is 2. The lowest BCUT2D eigenvalue weighted by Gasteiger charge is -2.17. The summed E-state index contributed by atoms with van der Waals surface area (Å²) in [4.78, 5) is 47.3. The Labute approximate surface area is 181 Å². The van der Waals surface area contributed by atoms with Gasteiger partial charge in [0, 0.05) is 17.3 Å². The molecule has 0 bridgehead atoms. The van der Waals surface area contributed by atoms with Gasteiger partial charge in [0.15, 0.2) is 0 Å². The van der Waals surface area contributed by atoms with E-state index in [1.165, 1.54) is 22.2 Å². The molecular weight excluding hydrogens is 416 g/mol. The number of nitrogens with one attached hydrogen (secondary N) is 1. The number of pyridine rings is 1. The van der Waals surface area contributed by atoms with Crippen LogP contribution in [0, 0.1) is 0 Å². The second kappa shape index (κ2) is 8.65. The molecule has 0 spiro atoms. The van der Waals surface area contributed by atoms with E-state index in [0.29, 0.717) is 34.5 Å². The number of rotatable bonds is 6. The first-order chi connectivity index (χ1) is 15.0. The maximum atomic E-state index is 13.1. The van der Waals surface area contributed by atoms with Gasteiger partial charge in [-0.05, 0) is 49.7 Å². The molecule has 31 heavy (non-hydrogen) atoms. The lowest BCUT2D eigenvalue weighted by molar-refractivity contribution is -0.119. The predicted octanol–water partition coefficient (Wildman–Crippen LogP) is 3.77. The van der Waals surface area contributed by atoms with Crippen LogP contribution in [0.2, 0.25) is 0 Å². The lowest BCUT2D eigenvalue weighted by atomic mass is 10.1. The minimum absolute atomic E-state index is 0.271. The van der Waals surface area contributed by atoms with Crippen molar-refractivity contribution in [2.24, 2.45) is 0 Å². The Balaban J connectivity index is 1.61. The minimum atomic E-state index is -0.729. The van der Waals surface area contributed by atoms with Gasteiger partial charge in [-0.1, -0.05) is 6.92 Å². The molecule has 1 aromatic carbocycles. The average Bonchev–Trinajstić information content (AvgIpc) is 3.16. The van der Waals surface area contributed by atoms with Gasteiger partial charge >= 0.3 is 5.97 Å². The van der Waals surface area contributed by atoms with Gasteiger partial charge in [-0.15, -0.1) is 11.3 Å². The van der Waals surface area contributed by atoms with E-state index < -0.39 is 12.0 Å². The van der Waals surface area contributed by atoms with Gasteiger partial charge in [0.2, 0.25) is 5.91 Å². The van der Waals surface area contributed by atoms with Crippen molar-refractivity contribution in [2.75, 3.05) is 11.9 Å². The summed E-state index contributed by atoms with van der Waals surface area (Å²) in [5.41, 5.74) is 1.24. The first-order valence-corrected chi connectivity index (χ1v) is 10.7.